The van der Waals surface area contributed by atoms with E-state index >= 15 is 0 Å². The molecule has 1 atom stereocenters. The van der Waals surface area contributed by atoms with Crippen molar-refractivity contribution in [3.8, 4) is 5.75 Å². The van der Waals surface area contributed by atoms with Crippen molar-refractivity contribution in [1.82, 2.24) is 15.2 Å². The molecule has 7 N–H and O–H groups in total. The summed E-state index contributed by atoms with van der Waals surface area (Å²) in [7, 11) is 0. The van der Waals surface area contributed by atoms with Crippen LogP contribution in [0.15, 0.2) is 28.5 Å². The van der Waals surface area contributed by atoms with Gasteiger partial charge in [0, 0.05) is 34.8 Å². The third-order valence-corrected chi connectivity index (χ3v) is 5.63. The summed E-state index contributed by atoms with van der Waals surface area (Å²) in [6, 6.07) is 2.78. The van der Waals surface area contributed by atoms with Crippen molar-refractivity contribution in [3.05, 3.63) is 39.6 Å². The quantitative estimate of drug-likeness (QED) is 0.165. The van der Waals surface area contributed by atoms with E-state index in [0.717, 1.165) is 12.8 Å². The lowest BCUT2D eigenvalue weighted by Crippen LogP contribution is -2.52. The molecule has 31 heavy (non-hydrogen) atoms. The number of piperidine rings is 1. The fraction of sp³-hybridized carbons (Fsp3) is 0.450. The number of carbonyl (C=O) groups excluding carboxylic acids is 3. The standard InChI is InChI=1S/C20H27BrN6O4/c21-12-7-14-15(10-27(20(14)30)16-3-4-18(28)25-19(16)29)17(8-12)31-11-13(23)9-26(24)6-2-1-5-22/h7-9,16H,1-6,10-11,22-24H2,(H,25,28,29)/b13-9-. The zero-order valence-electron chi connectivity index (χ0n) is 17.1. The van der Waals surface area contributed by atoms with Crippen molar-refractivity contribution < 1.29 is 19.1 Å². The molecule has 0 aliphatic carbocycles. The molecular weight excluding hydrogens is 468 g/mol. The van der Waals surface area contributed by atoms with E-state index in [-0.39, 0.29) is 31.4 Å². The molecule has 11 heteroatoms. The van der Waals surface area contributed by atoms with E-state index in [2.05, 4.69) is 21.2 Å². The van der Waals surface area contributed by atoms with Gasteiger partial charge in [-0.2, -0.15) is 0 Å². The molecule has 2 aliphatic heterocycles. The predicted molar refractivity (Wildman–Crippen MR) is 117 cm³/mol. The summed E-state index contributed by atoms with van der Waals surface area (Å²) >= 11 is 3.40. The number of amides is 3. The zero-order chi connectivity index (χ0) is 22.5. The summed E-state index contributed by atoms with van der Waals surface area (Å²) in [4.78, 5) is 38.1. The second-order valence-electron chi connectivity index (χ2n) is 7.56. The summed E-state index contributed by atoms with van der Waals surface area (Å²) in [5.41, 5.74) is 13.1. The van der Waals surface area contributed by atoms with Gasteiger partial charge in [0.15, 0.2) is 0 Å². The number of benzene rings is 1. The number of nitrogens with one attached hydrogen (secondary N) is 1. The van der Waals surface area contributed by atoms with Crippen LogP contribution in [-0.4, -0.2) is 53.4 Å². The van der Waals surface area contributed by atoms with E-state index in [1.54, 1.807) is 18.3 Å². The molecule has 1 aromatic rings. The van der Waals surface area contributed by atoms with E-state index in [4.69, 9.17) is 22.0 Å². The molecule has 0 saturated carbocycles. The van der Waals surface area contributed by atoms with Gasteiger partial charge in [-0.3, -0.25) is 19.7 Å². The summed E-state index contributed by atoms with van der Waals surface area (Å²) in [6.45, 7) is 1.53. The van der Waals surface area contributed by atoms with Crippen LogP contribution in [0.2, 0.25) is 0 Å². The highest BCUT2D eigenvalue weighted by Crippen LogP contribution is 2.36. The highest BCUT2D eigenvalue weighted by atomic mass is 79.9. The Kier molecular flexibility index (Phi) is 7.52. The Hall–Kier alpha value is -2.63. The number of rotatable bonds is 9. The number of nitrogens with two attached hydrogens (primary N) is 3. The Morgan fingerprint density at radius 2 is 2.10 bits per heavy atom. The van der Waals surface area contributed by atoms with Crippen LogP contribution in [0.4, 0.5) is 0 Å². The van der Waals surface area contributed by atoms with Gasteiger partial charge in [0.05, 0.1) is 12.2 Å². The largest absolute Gasteiger partial charge is 0.487 e. The minimum atomic E-state index is -0.687. The molecule has 10 nitrogen and oxygen atoms in total. The smallest absolute Gasteiger partial charge is 0.255 e. The van der Waals surface area contributed by atoms with Gasteiger partial charge in [0.2, 0.25) is 11.8 Å². The van der Waals surface area contributed by atoms with E-state index < -0.39 is 11.9 Å². The Balaban J connectivity index is 1.70. The lowest BCUT2D eigenvalue weighted by molar-refractivity contribution is -0.136. The fourth-order valence-corrected chi connectivity index (χ4v) is 4.07. The van der Waals surface area contributed by atoms with Crippen LogP contribution in [0.3, 0.4) is 0 Å². The van der Waals surface area contributed by atoms with Crippen molar-refractivity contribution in [2.75, 3.05) is 19.7 Å². The highest BCUT2D eigenvalue weighted by Gasteiger charge is 2.40. The van der Waals surface area contributed by atoms with Crippen LogP contribution in [0, 0.1) is 0 Å². The van der Waals surface area contributed by atoms with E-state index in [1.807, 2.05) is 0 Å². The third kappa shape index (κ3) is 5.54. The van der Waals surface area contributed by atoms with Crippen molar-refractivity contribution >= 4 is 33.7 Å². The molecule has 1 aromatic carbocycles. The number of halogens is 1. The maximum atomic E-state index is 13.0. The SMILES string of the molecule is NCCCCN(N)/C=C(\N)COc1cc(Br)cc2c1CN(C1CCC(=O)NC1=O)C2=O. The van der Waals surface area contributed by atoms with Crippen LogP contribution in [0.1, 0.15) is 41.6 Å². The maximum absolute atomic E-state index is 13.0. The molecule has 1 unspecified atom stereocenters. The zero-order valence-corrected chi connectivity index (χ0v) is 18.7. The van der Waals surface area contributed by atoms with E-state index in [1.165, 1.54) is 9.91 Å². The number of hydrogen-bond donors (Lipinski definition) is 4. The number of ether oxygens (including phenoxy) is 1. The van der Waals surface area contributed by atoms with Crippen LogP contribution in [0.25, 0.3) is 0 Å². The van der Waals surface area contributed by atoms with Crippen LogP contribution >= 0.6 is 15.9 Å². The first kappa shape index (κ1) is 23.0. The van der Waals surface area contributed by atoms with Gasteiger partial charge in [0.25, 0.3) is 5.91 Å². The average Bonchev–Trinajstić information content (AvgIpc) is 3.03. The number of hydrazine groups is 1. The van der Waals surface area contributed by atoms with Crippen molar-refractivity contribution in [3.63, 3.8) is 0 Å². The minimum absolute atomic E-state index is 0.0834. The highest BCUT2D eigenvalue weighted by molar-refractivity contribution is 9.10. The first-order valence-electron chi connectivity index (χ1n) is 10.1. The lowest BCUT2D eigenvalue weighted by Gasteiger charge is -2.29. The fourth-order valence-electron chi connectivity index (χ4n) is 3.64. The van der Waals surface area contributed by atoms with Gasteiger partial charge in [0.1, 0.15) is 18.4 Å². The normalized spacial score (nSPS) is 18.8. The Labute approximate surface area is 188 Å². The van der Waals surface area contributed by atoms with Gasteiger partial charge >= 0.3 is 0 Å². The Bertz CT molecular complexity index is 906. The molecule has 1 saturated heterocycles. The predicted octanol–water partition coefficient (Wildman–Crippen LogP) is 0.304. The summed E-state index contributed by atoms with van der Waals surface area (Å²) in [5.74, 6) is 5.35. The van der Waals surface area contributed by atoms with Crippen LogP contribution < -0.4 is 27.4 Å². The van der Waals surface area contributed by atoms with Gasteiger partial charge in [-0.1, -0.05) is 15.9 Å². The molecule has 0 bridgehead atoms. The Morgan fingerprint density at radius 1 is 1.32 bits per heavy atom. The van der Waals surface area contributed by atoms with Crippen molar-refractivity contribution in [2.45, 2.75) is 38.3 Å². The molecule has 168 valence electrons. The molecule has 0 radical (unpaired) electrons. The number of fused-ring (bicyclic) bond motifs is 1. The summed E-state index contributed by atoms with van der Waals surface area (Å²) in [5, 5.41) is 3.79. The van der Waals surface area contributed by atoms with Crippen molar-refractivity contribution in [1.29, 1.82) is 0 Å². The molecule has 2 heterocycles. The first-order valence-corrected chi connectivity index (χ1v) is 10.9. The summed E-state index contributed by atoms with van der Waals surface area (Å²) in [6.07, 6.45) is 3.84. The maximum Gasteiger partial charge on any atom is 0.255 e. The third-order valence-electron chi connectivity index (χ3n) is 5.18. The number of carbonyl (C=O) groups is 3. The van der Waals surface area contributed by atoms with Crippen molar-refractivity contribution in [2.24, 2.45) is 17.3 Å². The molecular formula is C20H27BrN6O4. The number of nitrogens with zero attached hydrogens (tertiary/aromatic N) is 2. The molecule has 3 rings (SSSR count). The average molecular weight is 495 g/mol. The topological polar surface area (TPSA) is 157 Å². The van der Waals surface area contributed by atoms with Crippen LogP contribution in [-0.2, 0) is 16.1 Å². The van der Waals surface area contributed by atoms with E-state index in [9.17, 15) is 14.4 Å². The number of imide groups is 1. The molecule has 1 fully saturated rings. The second-order valence-corrected chi connectivity index (χ2v) is 8.47. The molecule has 2 aliphatic rings. The van der Waals surface area contributed by atoms with Gasteiger partial charge in [-0.15, -0.1) is 0 Å². The van der Waals surface area contributed by atoms with Gasteiger partial charge in [-0.05, 0) is 37.9 Å². The Morgan fingerprint density at radius 3 is 2.81 bits per heavy atom. The molecule has 3 amide bonds. The molecule has 0 aromatic heterocycles. The van der Waals surface area contributed by atoms with Crippen LogP contribution in [0.5, 0.6) is 5.75 Å². The second kappa shape index (κ2) is 10.1. The minimum Gasteiger partial charge on any atom is -0.487 e. The summed E-state index contributed by atoms with van der Waals surface area (Å²) < 4.78 is 6.56. The lowest BCUT2D eigenvalue weighted by atomic mass is 10.0. The monoisotopic (exact) mass is 494 g/mol. The van der Waals surface area contributed by atoms with Gasteiger partial charge < -0.3 is 26.1 Å². The number of hydrogen-bond acceptors (Lipinski definition) is 8. The molecule has 0 spiro atoms. The van der Waals surface area contributed by atoms with E-state index in [0.29, 0.717) is 46.6 Å². The number of unbranched alkanes of at least 4 members (excludes halogenated alkanes) is 1. The first-order chi connectivity index (χ1) is 14.8. The van der Waals surface area contributed by atoms with Gasteiger partial charge in [-0.25, -0.2) is 5.84 Å².